The number of nitrogens with one attached hydrogen (secondary N) is 1. The van der Waals surface area contributed by atoms with Crippen molar-refractivity contribution in [2.75, 3.05) is 0 Å². The van der Waals surface area contributed by atoms with Crippen molar-refractivity contribution in [3.05, 3.63) is 17.3 Å². The molecule has 4 nitrogen and oxygen atoms in total. The number of nitrogens with zero attached hydrogens (tertiary/aromatic N) is 1. The Morgan fingerprint density at radius 2 is 2.12 bits per heavy atom. The van der Waals surface area contributed by atoms with Crippen LogP contribution in [0.3, 0.4) is 0 Å². The van der Waals surface area contributed by atoms with Gasteiger partial charge < -0.3 is 9.73 Å². The van der Waals surface area contributed by atoms with Crippen molar-refractivity contribution in [2.24, 2.45) is 5.92 Å². The van der Waals surface area contributed by atoms with Crippen LogP contribution in [0.4, 0.5) is 0 Å². The van der Waals surface area contributed by atoms with E-state index >= 15 is 0 Å². The average Bonchev–Trinajstić information content (AvgIpc) is 2.84. The molecule has 1 aromatic heterocycles. The molecule has 0 saturated heterocycles. The molecule has 88 valence electrons. The Balaban J connectivity index is 1.87. The Bertz CT molecular complexity index is 378. The second kappa shape index (κ2) is 4.68. The van der Waals surface area contributed by atoms with Gasteiger partial charge in [0.05, 0.1) is 12.2 Å². The van der Waals surface area contributed by atoms with E-state index in [2.05, 4.69) is 10.3 Å². The van der Waals surface area contributed by atoms with E-state index < -0.39 is 0 Å². The van der Waals surface area contributed by atoms with Gasteiger partial charge in [0.15, 0.2) is 5.89 Å². The van der Waals surface area contributed by atoms with Crippen LogP contribution in [0.25, 0.3) is 0 Å². The molecule has 16 heavy (non-hydrogen) atoms. The molecule has 2 rings (SSSR count). The first-order chi connectivity index (χ1) is 7.66. The van der Waals surface area contributed by atoms with E-state index in [9.17, 15) is 4.79 Å². The summed E-state index contributed by atoms with van der Waals surface area (Å²) in [6, 6.07) is 0. The van der Waals surface area contributed by atoms with Crippen LogP contribution >= 0.6 is 0 Å². The van der Waals surface area contributed by atoms with Gasteiger partial charge in [0.1, 0.15) is 5.76 Å². The molecule has 0 spiro atoms. The summed E-state index contributed by atoms with van der Waals surface area (Å²) in [5, 5.41) is 2.92. The fourth-order valence-corrected chi connectivity index (χ4v) is 2.24. The lowest BCUT2D eigenvalue weighted by Gasteiger charge is -2.08. The van der Waals surface area contributed by atoms with Crippen molar-refractivity contribution in [3.8, 4) is 0 Å². The molecular weight excluding hydrogens is 204 g/mol. The number of rotatable bonds is 3. The molecule has 4 heteroatoms. The normalized spacial score (nSPS) is 16.6. The highest BCUT2D eigenvalue weighted by Gasteiger charge is 2.22. The van der Waals surface area contributed by atoms with Crippen LogP contribution in [0.1, 0.15) is 43.0 Å². The molecule has 0 radical (unpaired) electrons. The van der Waals surface area contributed by atoms with Gasteiger partial charge in [-0.2, -0.15) is 0 Å². The first-order valence-electron chi connectivity index (χ1n) is 5.87. The smallest absolute Gasteiger partial charge is 0.223 e. The van der Waals surface area contributed by atoms with Gasteiger partial charge in [0.2, 0.25) is 5.91 Å². The predicted molar refractivity (Wildman–Crippen MR) is 59.8 cm³/mol. The van der Waals surface area contributed by atoms with Crippen molar-refractivity contribution in [1.29, 1.82) is 0 Å². The Hall–Kier alpha value is -1.32. The van der Waals surface area contributed by atoms with E-state index in [1.54, 1.807) is 0 Å². The van der Waals surface area contributed by atoms with Crippen LogP contribution in [0, 0.1) is 19.8 Å². The minimum atomic E-state index is 0.158. The number of oxazole rings is 1. The molecule has 0 aliphatic heterocycles. The second-order valence-corrected chi connectivity index (χ2v) is 4.44. The zero-order valence-electron chi connectivity index (χ0n) is 9.88. The minimum Gasteiger partial charge on any atom is -0.444 e. The standard InChI is InChI=1S/C12H18N2O2/c1-8-11(16-9(2)14-8)7-13-12(15)10-5-3-4-6-10/h10H,3-7H2,1-2H3,(H,13,15). The molecule has 1 aliphatic rings. The Kier molecular flexibility index (Phi) is 3.27. The van der Waals surface area contributed by atoms with E-state index in [0.29, 0.717) is 12.4 Å². The van der Waals surface area contributed by atoms with E-state index in [4.69, 9.17) is 4.42 Å². The fourth-order valence-electron chi connectivity index (χ4n) is 2.24. The van der Waals surface area contributed by atoms with Crippen LogP contribution < -0.4 is 5.32 Å². The third kappa shape index (κ3) is 2.43. The number of hydrogen-bond donors (Lipinski definition) is 1. The van der Waals surface area contributed by atoms with Crippen LogP contribution in [0.2, 0.25) is 0 Å². The maximum absolute atomic E-state index is 11.8. The van der Waals surface area contributed by atoms with Gasteiger partial charge in [-0.1, -0.05) is 12.8 Å². The second-order valence-electron chi connectivity index (χ2n) is 4.44. The van der Waals surface area contributed by atoms with Crippen LogP contribution in [-0.4, -0.2) is 10.9 Å². The summed E-state index contributed by atoms with van der Waals surface area (Å²) in [6.45, 7) is 4.17. The van der Waals surface area contributed by atoms with E-state index in [1.807, 2.05) is 13.8 Å². The molecule has 1 aromatic rings. The van der Waals surface area contributed by atoms with Crippen molar-refractivity contribution >= 4 is 5.91 Å². The van der Waals surface area contributed by atoms with Gasteiger partial charge in [0, 0.05) is 12.8 Å². The van der Waals surface area contributed by atoms with Crippen LogP contribution in [0.15, 0.2) is 4.42 Å². The van der Waals surface area contributed by atoms with Crippen molar-refractivity contribution in [2.45, 2.75) is 46.1 Å². The van der Waals surface area contributed by atoms with Gasteiger partial charge in [-0.05, 0) is 19.8 Å². The van der Waals surface area contributed by atoms with Gasteiger partial charge >= 0.3 is 0 Å². The number of carbonyl (C=O) groups excluding carboxylic acids is 1. The first-order valence-corrected chi connectivity index (χ1v) is 5.87. The average molecular weight is 222 g/mol. The van der Waals surface area contributed by atoms with E-state index in [1.165, 1.54) is 12.8 Å². The van der Waals surface area contributed by atoms with Gasteiger partial charge in [-0.3, -0.25) is 4.79 Å². The first kappa shape index (κ1) is 11.2. The summed E-state index contributed by atoms with van der Waals surface area (Å²) in [6.07, 6.45) is 4.41. The molecule has 1 fully saturated rings. The SMILES string of the molecule is Cc1nc(C)c(CNC(=O)C2CCCC2)o1. The zero-order chi connectivity index (χ0) is 11.5. The van der Waals surface area contributed by atoms with Gasteiger partial charge in [0.25, 0.3) is 0 Å². The number of carbonyl (C=O) groups is 1. The van der Waals surface area contributed by atoms with Crippen LogP contribution in [0.5, 0.6) is 0 Å². The summed E-state index contributed by atoms with van der Waals surface area (Å²) in [7, 11) is 0. The largest absolute Gasteiger partial charge is 0.444 e. The topological polar surface area (TPSA) is 55.1 Å². The lowest BCUT2D eigenvalue weighted by atomic mass is 10.1. The van der Waals surface area contributed by atoms with E-state index in [-0.39, 0.29) is 11.8 Å². The molecule has 1 amide bonds. The molecule has 1 heterocycles. The van der Waals surface area contributed by atoms with Gasteiger partial charge in [-0.25, -0.2) is 4.98 Å². The van der Waals surface area contributed by atoms with E-state index in [0.717, 1.165) is 24.3 Å². The zero-order valence-corrected chi connectivity index (χ0v) is 9.88. The highest BCUT2D eigenvalue weighted by atomic mass is 16.4. The Morgan fingerprint density at radius 1 is 1.44 bits per heavy atom. The Morgan fingerprint density at radius 3 is 2.69 bits per heavy atom. The number of aryl methyl sites for hydroxylation is 2. The lowest BCUT2D eigenvalue weighted by Crippen LogP contribution is -2.28. The van der Waals surface area contributed by atoms with Gasteiger partial charge in [-0.15, -0.1) is 0 Å². The molecule has 0 aromatic carbocycles. The lowest BCUT2D eigenvalue weighted by molar-refractivity contribution is -0.125. The summed E-state index contributed by atoms with van der Waals surface area (Å²) in [4.78, 5) is 15.9. The summed E-state index contributed by atoms with van der Waals surface area (Å²) < 4.78 is 5.40. The highest BCUT2D eigenvalue weighted by Crippen LogP contribution is 2.24. The fraction of sp³-hybridized carbons (Fsp3) is 0.667. The van der Waals surface area contributed by atoms with Crippen molar-refractivity contribution < 1.29 is 9.21 Å². The third-order valence-corrected chi connectivity index (χ3v) is 3.15. The molecule has 0 unspecified atom stereocenters. The summed E-state index contributed by atoms with van der Waals surface area (Å²) in [5.74, 6) is 1.79. The van der Waals surface area contributed by atoms with Crippen molar-refractivity contribution in [3.63, 3.8) is 0 Å². The Labute approximate surface area is 95.4 Å². The third-order valence-electron chi connectivity index (χ3n) is 3.15. The number of aromatic nitrogens is 1. The quantitative estimate of drug-likeness (QED) is 0.852. The molecular formula is C12H18N2O2. The molecule has 1 N–H and O–H groups in total. The predicted octanol–water partition coefficient (Wildman–Crippen LogP) is 2.10. The maximum atomic E-state index is 11.8. The number of amides is 1. The monoisotopic (exact) mass is 222 g/mol. The maximum Gasteiger partial charge on any atom is 0.223 e. The molecule has 1 aliphatic carbocycles. The molecule has 0 atom stereocenters. The summed E-state index contributed by atoms with van der Waals surface area (Å²) in [5.41, 5.74) is 0.865. The van der Waals surface area contributed by atoms with Crippen molar-refractivity contribution in [1.82, 2.24) is 10.3 Å². The minimum absolute atomic E-state index is 0.158. The molecule has 1 saturated carbocycles. The number of hydrogen-bond acceptors (Lipinski definition) is 3. The highest BCUT2D eigenvalue weighted by molar-refractivity contribution is 5.78. The van der Waals surface area contributed by atoms with Crippen LogP contribution in [-0.2, 0) is 11.3 Å². The molecule has 0 bridgehead atoms. The summed E-state index contributed by atoms with van der Waals surface area (Å²) >= 11 is 0.